The second kappa shape index (κ2) is 6.62. The van der Waals surface area contributed by atoms with Gasteiger partial charge in [-0.15, -0.1) is 0 Å². The molecule has 0 amide bonds. The third-order valence-electron chi connectivity index (χ3n) is 2.91. The van der Waals surface area contributed by atoms with Gasteiger partial charge in [-0.25, -0.2) is 0 Å². The Morgan fingerprint density at radius 3 is 2.53 bits per heavy atom. The van der Waals surface area contributed by atoms with Crippen LogP contribution in [-0.4, -0.2) is 25.9 Å². The second-order valence-corrected chi connectivity index (χ2v) is 4.53. The van der Waals surface area contributed by atoms with Crippen LogP contribution in [0.5, 0.6) is 5.75 Å². The lowest BCUT2D eigenvalue weighted by Crippen LogP contribution is -2.10. The highest BCUT2D eigenvalue weighted by atomic mass is 16.5. The summed E-state index contributed by atoms with van der Waals surface area (Å²) in [5.41, 5.74) is 2.02. The Labute approximate surface area is 103 Å². The Balaban J connectivity index is 2.71. The minimum Gasteiger partial charge on any atom is -0.497 e. The highest BCUT2D eigenvalue weighted by molar-refractivity contribution is 5.36. The van der Waals surface area contributed by atoms with Gasteiger partial charge in [0.1, 0.15) is 5.75 Å². The van der Waals surface area contributed by atoms with Crippen LogP contribution in [-0.2, 0) is 4.74 Å². The van der Waals surface area contributed by atoms with Crippen LogP contribution in [0.4, 0.5) is 0 Å². The summed E-state index contributed by atoms with van der Waals surface area (Å²) < 4.78 is 10.2. The summed E-state index contributed by atoms with van der Waals surface area (Å²) >= 11 is 0. The molecule has 3 nitrogen and oxygen atoms in total. The molecule has 3 heteroatoms. The van der Waals surface area contributed by atoms with Crippen molar-refractivity contribution in [3.05, 3.63) is 29.3 Å². The summed E-state index contributed by atoms with van der Waals surface area (Å²) in [6, 6.07) is 5.75. The summed E-state index contributed by atoms with van der Waals surface area (Å²) in [5, 5.41) is 10.2. The van der Waals surface area contributed by atoms with Gasteiger partial charge in [0.2, 0.25) is 0 Å². The minimum atomic E-state index is -0.439. The van der Waals surface area contributed by atoms with Crippen molar-refractivity contribution >= 4 is 0 Å². The van der Waals surface area contributed by atoms with Crippen LogP contribution in [0, 0.1) is 12.8 Å². The Morgan fingerprint density at radius 2 is 2.00 bits per heavy atom. The first-order valence-electron chi connectivity index (χ1n) is 5.90. The molecule has 0 saturated carbocycles. The number of benzene rings is 1. The van der Waals surface area contributed by atoms with E-state index in [9.17, 15) is 5.11 Å². The molecule has 2 unspecified atom stereocenters. The van der Waals surface area contributed by atoms with E-state index in [1.165, 1.54) is 0 Å². The minimum absolute atomic E-state index is 0.344. The van der Waals surface area contributed by atoms with Crippen LogP contribution in [0.3, 0.4) is 0 Å². The maximum atomic E-state index is 10.2. The molecule has 1 rings (SSSR count). The monoisotopic (exact) mass is 238 g/mol. The van der Waals surface area contributed by atoms with E-state index in [1.54, 1.807) is 14.2 Å². The lowest BCUT2D eigenvalue weighted by atomic mass is 9.95. The predicted molar refractivity (Wildman–Crippen MR) is 68.3 cm³/mol. The van der Waals surface area contributed by atoms with Gasteiger partial charge >= 0.3 is 0 Å². The largest absolute Gasteiger partial charge is 0.497 e. The van der Waals surface area contributed by atoms with Crippen molar-refractivity contribution in [1.82, 2.24) is 0 Å². The lowest BCUT2D eigenvalue weighted by Gasteiger charge is -2.18. The van der Waals surface area contributed by atoms with Gasteiger partial charge in [0.25, 0.3) is 0 Å². The molecule has 0 fully saturated rings. The number of aliphatic hydroxyl groups is 1. The summed E-state index contributed by atoms with van der Waals surface area (Å²) in [5.74, 6) is 1.17. The number of methoxy groups -OCH3 is 2. The van der Waals surface area contributed by atoms with E-state index in [0.29, 0.717) is 18.9 Å². The summed E-state index contributed by atoms with van der Waals surface area (Å²) in [6.45, 7) is 4.74. The fourth-order valence-corrected chi connectivity index (χ4v) is 2.01. The van der Waals surface area contributed by atoms with E-state index in [4.69, 9.17) is 9.47 Å². The van der Waals surface area contributed by atoms with Gasteiger partial charge in [-0.2, -0.15) is 0 Å². The molecule has 0 aliphatic heterocycles. The fourth-order valence-electron chi connectivity index (χ4n) is 2.01. The Kier molecular flexibility index (Phi) is 5.45. The van der Waals surface area contributed by atoms with E-state index in [0.717, 1.165) is 16.9 Å². The number of aryl methyl sites for hydroxylation is 1. The number of aliphatic hydroxyl groups excluding tert-OH is 1. The highest BCUT2D eigenvalue weighted by Crippen LogP contribution is 2.26. The zero-order chi connectivity index (χ0) is 12.8. The quantitative estimate of drug-likeness (QED) is 0.828. The van der Waals surface area contributed by atoms with Crippen molar-refractivity contribution in [2.75, 3.05) is 20.8 Å². The van der Waals surface area contributed by atoms with Crippen molar-refractivity contribution < 1.29 is 14.6 Å². The Bertz CT molecular complexity index is 349. The highest BCUT2D eigenvalue weighted by Gasteiger charge is 2.14. The molecule has 0 heterocycles. The van der Waals surface area contributed by atoms with E-state index < -0.39 is 6.10 Å². The molecule has 1 N–H and O–H groups in total. The maximum Gasteiger partial charge on any atom is 0.119 e. The van der Waals surface area contributed by atoms with Gasteiger partial charge in [0.05, 0.1) is 13.2 Å². The van der Waals surface area contributed by atoms with Crippen LogP contribution >= 0.6 is 0 Å². The Hall–Kier alpha value is -1.06. The molecule has 0 radical (unpaired) electrons. The van der Waals surface area contributed by atoms with Crippen molar-refractivity contribution in [3.63, 3.8) is 0 Å². The van der Waals surface area contributed by atoms with Crippen molar-refractivity contribution in [1.29, 1.82) is 0 Å². The van der Waals surface area contributed by atoms with Crippen molar-refractivity contribution in [3.8, 4) is 5.75 Å². The van der Waals surface area contributed by atoms with Crippen LogP contribution in [0.15, 0.2) is 18.2 Å². The topological polar surface area (TPSA) is 38.7 Å². The molecule has 17 heavy (non-hydrogen) atoms. The zero-order valence-electron chi connectivity index (χ0n) is 11.1. The first-order valence-corrected chi connectivity index (χ1v) is 5.90. The molecule has 0 aromatic heterocycles. The molecule has 1 aromatic rings. The predicted octanol–water partition coefficient (Wildman–Crippen LogP) is 2.71. The zero-order valence-corrected chi connectivity index (χ0v) is 11.1. The third kappa shape index (κ3) is 4.02. The molecule has 0 saturated heterocycles. The molecule has 0 spiro atoms. The average Bonchev–Trinajstić information content (AvgIpc) is 2.28. The van der Waals surface area contributed by atoms with Gasteiger partial charge in [-0.3, -0.25) is 0 Å². The van der Waals surface area contributed by atoms with E-state index in [1.807, 2.05) is 25.1 Å². The summed E-state index contributed by atoms with van der Waals surface area (Å²) in [7, 11) is 3.33. The van der Waals surface area contributed by atoms with Gasteiger partial charge < -0.3 is 14.6 Å². The number of rotatable bonds is 6. The Morgan fingerprint density at radius 1 is 1.29 bits per heavy atom. The van der Waals surface area contributed by atoms with Crippen molar-refractivity contribution in [2.24, 2.45) is 5.92 Å². The number of hydrogen-bond donors (Lipinski definition) is 1. The van der Waals surface area contributed by atoms with Gasteiger partial charge in [0, 0.05) is 13.7 Å². The summed E-state index contributed by atoms with van der Waals surface area (Å²) in [6.07, 6.45) is 0.270. The molecular formula is C14H22O3. The van der Waals surface area contributed by atoms with Crippen molar-refractivity contribution in [2.45, 2.75) is 26.4 Å². The van der Waals surface area contributed by atoms with E-state index >= 15 is 0 Å². The molecule has 0 aliphatic rings. The summed E-state index contributed by atoms with van der Waals surface area (Å²) in [4.78, 5) is 0. The molecule has 0 aliphatic carbocycles. The van der Waals surface area contributed by atoms with Gasteiger partial charge in [-0.1, -0.05) is 13.0 Å². The molecular weight excluding hydrogens is 216 g/mol. The van der Waals surface area contributed by atoms with Crippen LogP contribution < -0.4 is 4.74 Å². The second-order valence-electron chi connectivity index (χ2n) is 4.53. The van der Waals surface area contributed by atoms with E-state index in [-0.39, 0.29) is 0 Å². The van der Waals surface area contributed by atoms with Gasteiger partial charge in [-0.05, 0) is 42.5 Å². The standard InChI is InChI=1S/C14H22O3/c1-10(9-16-3)7-14(15)13-6-5-12(17-4)8-11(13)2/h5-6,8,10,14-15H,7,9H2,1-4H3. The van der Waals surface area contributed by atoms with Crippen LogP contribution in [0.1, 0.15) is 30.6 Å². The first kappa shape index (κ1) is 14.0. The molecule has 1 aromatic carbocycles. The smallest absolute Gasteiger partial charge is 0.119 e. The normalized spacial score (nSPS) is 14.4. The van der Waals surface area contributed by atoms with Crippen LogP contribution in [0.2, 0.25) is 0 Å². The molecule has 0 bridgehead atoms. The first-order chi connectivity index (χ1) is 8.08. The lowest BCUT2D eigenvalue weighted by molar-refractivity contribution is 0.101. The third-order valence-corrected chi connectivity index (χ3v) is 2.91. The van der Waals surface area contributed by atoms with E-state index in [2.05, 4.69) is 6.92 Å². The molecule has 96 valence electrons. The SMILES string of the molecule is COCC(C)CC(O)c1ccc(OC)cc1C. The maximum absolute atomic E-state index is 10.2. The van der Waals surface area contributed by atoms with Crippen LogP contribution in [0.25, 0.3) is 0 Å². The molecule has 2 atom stereocenters. The van der Waals surface area contributed by atoms with Gasteiger partial charge in [0.15, 0.2) is 0 Å². The average molecular weight is 238 g/mol. The fraction of sp³-hybridized carbons (Fsp3) is 0.571. The number of hydrogen-bond acceptors (Lipinski definition) is 3. The number of ether oxygens (including phenoxy) is 2.